The summed E-state index contributed by atoms with van der Waals surface area (Å²) < 4.78 is 15.4. The van der Waals surface area contributed by atoms with Crippen molar-refractivity contribution in [3.63, 3.8) is 0 Å². The molecule has 6 heteroatoms. The molecule has 0 aliphatic rings. The number of esters is 1. The molecule has 0 aliphatic carbocycles. The van der Waals surface area contributed by atoms with E-state index in [1.165, 1.54) is 0 Å². The third-order valence-electron chi connectivity index (χ3n) is 3.85. The van der Waals surface area contributed by atoms with Gasteiger partial charge in [0.25, 0.3) is 5.91 Å². The van der Waals surface area contributed by atoms with E-state index in [9.17, 15) is 9.59 Å². The molecule has 26 heavy (non-hydrogen) atoms. The average molecular weight is 357 g/mol. The minimum atomic E-state index is -0.463. The maximum Gasteiger partial charge on any atom is 0.310 e. The second-order valence-corrected chi connectivity index (χ2v) is 5.72. The average Bonchev–Trinajstić information content (AvgIpc) is 2.67. The third-order valence-corrected chi connectivity index (χ3v) is 3.85. The molecule has 1 atom stereocenters. The van der Waals surface area contributed by atoms with Gasteiger partial charge in [0.1, 0.15) is 11.5 Å². The van der Waals surface area contributed by atoms with Crippen LogP contribution in [0.25, 0.3) is 0 Å². The van der Waals surface area contributed by atoms with Gasteiger partial charge in [-0.25, -0.2) is 0 Å². The monoisotopic (exact) mass is 357 g/mol. The molecule has 0 bridgehead atoms. The van der Waals surface area contributed by atoms with Crippen molar-refractivity contribution >= 4 is 11.9 Å². The number of amides is 1. The molecule has 138 valence electrons. The summed E-state index contributed by atoms with van der Waals surface area (Å²) in [5.74, 6) is 0.574. The minimum absolute atomic E-state index is 0.0966. The van der Waals surface area contributed by atoms with E-state index in [0.717, 1.165) is 11.1 Å². The van der Waals surface area contributed by atoms with E-state index in [4.69, 9.17) is 14.2 Å². The van der Waals surface area contributed by atoms with Crippen LogP contribution in [0, 0.1) is 0 Å². The SMILES string of the molecule is COc1ccc(CC(=O)OCC(=O)NC(C)c2ccccc2OC)cc1. The molecule has 2 aromatic carbocycles. The fourth-order valence-electron chi connectivity index (χ4n) is 2.49. The molecule has 0 fully saturated rings. The second kappa shape index (κ2) is 9.46. The van der Waals surface area contributed by atoms with Gasteiger partial charge in [0.2, 0.25) is 0 Å². The lowest BCUT2D eigenvalue weighted by atomic mass is 10.1. The van der Waals surface area contributed by atoms with E-state index in [1.54, 1.807) is 38.5 Å². The first-order valence-corrected chi connectivity index (χ1v) is 8.24. The number of hydrogen-bond donors (Lipinski definition) is 1. The lowest BCUT2D eigenvalue weighted by Gasteiger charge is -2.17. The number of para-hydroxylation sites is 1. The highest BCUT2D eigenvalue weighted by atomic mass is 16.5. The van der Waals surface area contributed by atoms with Crippen molar-refractivity contribution in [3.8, 4) is 11.5 Å². The lowest BCUT2D eigenvalue weighted by molar-refractivity contribution is -0.148. The molecule has 6 nitrogen and oxygen atoms in total. The zero-order valence-corrected chi connectivity index (χ0v) is 15.2. The molecule has 0 aliphatic heterocycles. The Morgan fingerprint density at radius 2 is 1.69 bits per heavy atom. The molecule has 0 heterocycles. The van der Waals surface area contributed by atoms with E-state index in [-0.39, 0.29) is 25.0 Å². The van der Waals surface area contributed by atoms with Gasteiger partial charge in [0, 0.05) is 5.56 Å². The van der Waals surface area contributed by atoms with Crippen molar-refractivity contribution in [2.75, 3.05) is 20.8 Å². The van der Waals surface area contributed by atoms with Gasteiger partial charge in [0.15, 0.2) is 6.61 Å². The van der Waals surface area contributed by atoms with Crippen LogP contribution in [0.1, 0.15) is 24.1 Å². The Labute approximate surface area is 153 Å². The quantitative estimate of drug-likeness (QED) is 0.735. The summed E-state index contributed by atoms with van der Waals surface area (Å²) in [6, 6.07) is 14.3. The van der Waals surface area contributed by atoms with Crippen molar-refractivity contribution in [2.45, 2.75) is 19.4 Å². The Balaban J connectivity index is 1.81. The molecular formula is C20H23NO5. The Bertz CT molecular complexity index is 742. The predicted molar refractivity (Wildman–Crippen MR) is 97.2 cm³/mol. The molecule has 2 aromatic rings. The van der Waals surface area contributed by atoms with Crippen LogP contribution >= 0.6 is 0 Å². The molecule has 1 unspecified atom stereocenters. The number of rotatable bonds is 8. The van der Waals surface area contributed by atoms with Crippen LogP contribution < -0.4 is 14.8 Å². The fourth-order valence-corrected chi connectivity index (χ4v) is 2.49. The number of hydrogen-bond acceptors (Lipinski definition) is 5. The van der Waals surface area contributed by atoms with Gasteiger partial charge in [-0.1, -0.05) is 30.3 Å². The molecule has 0 radical (unpaired) electrons. The number of ether oxygens (including phenoxy) is 3. The lowest BCUT2D eigenvalue weighted by Crippen LogP contribution is -2.31. The van der Waals surface area contributed by atoms with Gasteiger partial charge in [-0.2, -0.15) is 0 Å². The first kappa shape index (κ1) is 19.3. The van der Waals surface area contributed by atoms with Crippen LogP contribution in [0.5, 0.6) is 11.5 Å². The van der Waals surface area contributed by atoms with Crippen LogP contribution in [0.15, 0.2) is 48.5 Å². The summed E-state index contributed by atoms with van der Waals surface area (Å²) in [5, 5.41) is 2.79. The zero-order valence-electron chi connectivity index (χ0n) is 15.2. The summed E-state index contributed by atoms with van der Waals surface area (Å²) in [6.07, 6.45) is 0.0966. The summed E-state index contributed by atoms with van der Waals surface area (Å²) in [4.78, 5) is 23.9. The van der Waals surface area contributed by atoms with Gasteiger partial charge in [-0.15, -0.1) is 0 Å². The largest absolute Gasteiger partial charge is 0.497 e. The number of nitrogens with one attached hydrogen (secondary N) is 1. The van der Waals surface area contributed by atoms with E-state index in [2.05, 4.69) is 5.32 Å². The van der Waals surface area contributed by atoms with Crippen molar-refractivity contribution in [3.05, 3.63) is 59.7 Å². The molecule has 2 rings (SSSR count). The number of carbonyl (C=O) groups excluding carboxylic acids is 2. The van der Waals surface area contributed by atoms with Gasteiger partial charge < -0.3 is 19.5 Å². The topological polar surface area (TPSA) is 73.9 Å². The zero-order chi connectivity index (χ0) is 18.9. The summed E-state index contributed by atoms with van der Waals surface area (Å²) >= 11 is 0. The molecule has 1 amide bonds. The highest BCUT2D eigenvalue weighted by molar-refractivity contribution is 5.81. The number of methoxy groups -OCH3 is 2. The highest BCUT2D eigenvalue weighted by Gasteiger charge is 2.15. The van der Waals surface area contributed by atoms with E-state index < -0.39 is 5.97 Å². The Kier molecular flexibility index (Phi) is 7.02. The molecule has 1 N–H and O–H groups in total. The first-order chi connectivity index (χ1) is 12.5. The van der Waals surface area contributed by atoms with Crippen molar-refractivity contribution in [1.82, 2.24) is 5.32 Å². The molecular weight excluding hydrogens is 334 g/mol. The molecule has 0 spiro atoms. The molecule has 0 saturated heterocycles. The van der Waals surface area contributed by atoms with E-state index >= 15 is 0 Å². The number of benzene rings is 2. The van der Waals surface area contributed by atoms with Crippen molar-refractivity contribution in [2.24, 2.45) is 0 Å². The Morgan fingerprint density at radius 3 is 2.35 bits per heavy atom. The van der Waals surface area contributed by atoms with Gasteiger partial charge in [-0.3, -0.25) is 9.59 Å². The maximum atomic E-state index is 12.0. The van der Waals surface area contributed by atoms with Gasteiger partial charge in [-0.05, 0) is 30.7 Å². The first-order valence-electron chi connectivity index (χ1n) is 8.24. The molecule has 0 aromatic heterocycles. The van der Waals surface area contributed by atoms with Crippen LogP contribution in [-0.2, 0) is 20.7 Å². The normalized spacial score (nSPS) is 11.3. The van der Waals surface area contributed by atoms with E-state index in [1.807, 2.05) is 31.2 Å². The van der Waals surface area contributed by atoms with E-state index in [0.29, 0.717) is 11.5 Å². The van der Waals surface area contributed by atoms with Crippen LogP contribution in [0.4, 0.5) is 0 Å². The van der Waals surface area contributed by atoms with Gasteiger partial charge >= 0.3 is 5.97 Å². The summed E-state index contributed by atoms with van der Waals surface area (Å²) in [5.41, 5.74) is 1.64. The summed E-state index contributed by atoms with van der Waals surface area (Å²) in [6.45, 7) is 1.52. The smallest absolute Gasteiger partial charge is 0.310 e. The minimum Gasteiger partial charge on any atom is -0.497 e. The Morgan fingerprint density at radius 1 is 1.00 bits per heavy atom. The summed E-state index contributed by atoms with van der Waals surface area (Å²) in [7, 11) is 3.15. The van der Waals surface area contributed by atoms with Crippen molar-refractivity contribution < 1.29 is 23.8 Å². The standard InChI is InChI=1S/C20H23NO5/c1-14(17-6-4-5-7-18(17)25-3)21-19(22)13-26-20(23)12-15-8-10-16(24-2)11-9-15/h4-11,14H,12-13H2,1-3H3,(H,21,22). The third kappa shape index (κ3) is 5.51. The number of carbonyl (C=O) groups is 2. The second-order valence-electron chi connectivity index (χ2n) is 5.72. The highest BCUT2D eigenvalue weighted by Crippen LogP contribution is 2.24. The fraction of sp³-hybridized carbons (Fsp3) is 0.300. The maximum absolute atomic E-state index is 12.0. The van der Waals surface area contributed by atoms with Crippen LogP contribution in [0.3, 0.4) is 0 Å². The van der Waals surface area contributed by atoms with Crippen LogP contribution in [0.2, 0.25) is 0 Å². The van der Waals surface area contributed by atoms with Crippen LogP contribution in [-0.4, -0.2) is 32.7 Å². The van der Waals surface area contributed by atoms with Crippen molar-refractivity contribution in [1.29, 1.82) is 0 Å². The predicted octanol–water partition coefficient (Wildman–Crippen LogP) is 2.67. The molecule has 0 saturated carbocycles. The van der Waals surface area contributed by atoms with Gasteiger partial charge in [0.05, 0.1) is 26.7 Å². The Hall–Kier alpha value is -3.02.